The summed E-state index contributed by atoms with van der Waals surface area (Å²) in [6, 6.07) is 0. The molecular formula is C15H20O3. The molecule has 0 aromatic heterocycles. The van der Waals surface area contributed by atoms with E-state index in [4.69, 9.17) is 5.11 Å². The Morgan fingerprint density at radius 1 is 1.44 bits per heavy atom. The van der Waals surface area contributed by atoms with Gasteiger partial charge in [0, 0.05) is 12.0 Å². The maximum atomic E-state index is 11.8. The minimum absolute atomic E-state index is 0.00794. The van der Waals surface area contributed by atoms with Gasteiger partial charge in [-0.15, -0.1) is 0 Å². The number of aliphatic carboxylic acids is 1. The summed E-state index contributed by atoms with van der Waals surface area (Å²) in [5.41, 5.74) is 2.44. The molecule has 2 atom stereocenters. The van der Waals surface area contributed by atoms with Gasteiger partial charge in [-0.3, -0.25) is 4.79 Å². The maximum Gasteiger partial charge on any atom is 0.331 e. The van der Waals surface area contributed by atoms with Gasteiger partial charge in [0.2, 0.25) is 0 Å². The highest BCUT2D eigenvalue weighted by molar-refractivity contribution is 5.97. The van der Waals surface area contributed by atoms with Crippen LogP contribution in [0.2, 0.25) is 0 Å². The second kappa shape index (κ2) is 4.38. The molecule has 2 aliphatic carbocycles. The molecule has 3 heteroatoms. The van der Waals surface area contributed by atoms with E-state index in [2.05, 4.69) is 13.5 Å². The summed E-state index contributed by atoms with van der Waals surface area (Å²) in [5, 5.41) is 9.03. The molecule has 0 aromatic rings. The van der Waals surface area contributed by atoms with E-state index in [0.717, 1.165) is 24.8 Å². The van der Waals surface area contributed by atoms with Gasteiger partial charge in [-0.1, -0.05) is 19.1 Å². The van der Waals surface area contributed by atoms with Crippen LogP contribution in [0, 0.1) is 11.3 Å². The molecule has 0 radical (unpaired) electrons. The largest absolute Gasteiger partial charge is 0.478 e. The molecule has 1 fully saturated rings. The number of hydrogen-bond donors (Lipinski definition) is 1. The third-order valence-electron chi connectivity index (χ3n) is 4.77. The lowest BCUT2D eigenvalue weighted by Gasteiger charge is -2.43. The van der Waals surface area contributed by atoms with Crippen LogP contribution in [0.3, 0.4) is 0 Å². The summed E-state index contributed by atoms with van der Waals surface area (Å²) < 4.78 is 0. The summed E-state index contributed by atoms with van der Waals surface area (Å²) in [6.45, 7) is 7.77. The molecule has 0 aromatic carbocycles. The Morgan fingerprint density at radius 3 is 2.72 bits per heavy atom. The lowest BCUT2D eigenvalue weighted by atomic mass is 9.60. The maximum absolute atomic E-state index is 11.8. The van der Waals surface area contributed by atoms with Crippen molar-refractivity contribution in [1.29, 1.82) is 0 Å². The lowest BCUT2D eigenvalue weighted by molar-refractivity contribution is -0.133. The van der Waals surface area contributed by atoms with Crippen molar-refractivity contribution in [1.82, 2.24) is 0 Å². The zero-order valence-electron chi connectivity index (χ0n) is 11.1. The number of ketones is 1. The Kier molecular flexibility index (Phi) is 3.18. The van der Waals surface area contributed by atoms with E-state index in [1.807, 2.05) is 6.92 Å². The highest BCUT2D eigenvalue weighted by Gasteiger charge is 2.41. The zero-order chi connectivity index (χ0) is 13.5. The third kappa shape index (κ3) is 2.02. The van der Waals surface area contributed by atoms with Crippen molar-refractivity contribution in [3.8, 4) is 0 Å². The van der Waals surface area contributed by atoms with Gasteiger partial charge in [0.1, 0.15) is 0 Å². The van der Waals surface area contributed by atoms with Crippen LogP contribution >= 0.6 is 0 Å². The highest BCUT2D eigenvalue weighted by atomic mass is 16.4. The van der Waals surface area contributed by atoms with Crippen LogP contribution in [-0.2, 0) is 9.59 Å². The SMILES string of the molecule is C=C(C(=O)O)[C@@H]1CC[C@@]2(C)CCC(=O)C(C)=C2C1. The molecule has 98 valence electrons. The van der Waals surface area contributed by atoms with Gasteiger partial charge >= 0.3 is 5.97 Å². The molecule has 3 nitrogen and oxygen atoms in total. The Labute approximate surface area is 108 Å². The first-order chi connectivity index (χ1) is 8.35. The zero-order valence-corrected chi connectivity index (χ0v) is 11.1. The summed E-state index contributed by atoms with van der Waals surface area (Å²) in [7, 11) is 0. The summed E-state index contributed by atoms with van der Waals surface area (Å²) in [6.07, 6.45) is 4.07. The Morgan fingerprint density at radius 2 is 2.11 bits per heavy atom. The molecule has 2 aliphatic rings. The number of carboxylic acid groups (broad SMARTS) is 1. The molecule has 18 heavy (non-hydrogen) atoms. The van der Waals surface area contributed by atoms with Crippen LogP contribution in [0.1, 0.15) is 46.0 Å². The van der Waals surface area contributed by atoms with Gasteiger partial charge in [0.25, 0.3) is 0 Å². The number of Topliss-reactive ketones (excluding diaryl/α,β-unsaturated/α-hetero) is 1. The average molecular weight is 248 g/mol. The molecule has 0 unspecified atom stereocenters. The first kappa shape index (κ1) is 13.1. The van der Waals surface area contributed by atoms with Crippen LogP contribution in [0.15, 0.2) is 23.3 Å². The minimum atomic E-state index is -0.913. The monoisotopic (exact) mass is 248 g/mol. The van der Waals surface area contributed by atoms with Gasteiger partial charge in [0.05, 0.1) is 0 Å². The van der Waals surface area contributed by atoms with E-state index in [0.29, 0.717) is 12.8 Å². The standard InChI is InChI=1S/C15H20O3/c1-9(14(17)18)11-4-6-15(3)7-5-13(16)10(2)12(15)8-11/h11H,1,4-8H2,2-3H3,(H,17,18)/t11-,15+/m1/s1. The van der Waals surface area contributed by atoms with Crippen molar-refractivity contribution >= 4 is 11.8 Å². The van der Waals surface area contributed by atoms with Crippen molar-refractivity contribution in [2.75, 3.05) is 0 Å². The number of carboxylic acids is 1. The number of allylic oxidation sites excluding steroid dienone is 2. The fraction of sp³-hybridized carbons (Fsp3) is 0.600. The molecule has 0 bridgehead atoms. The average Bonchev–Trinajstić information content (AvgIpc) is 2.33. The Hall–Kier alpha value is -1.38. The smallest absolute Gasteiger partial charge is 0.331 e. The molecule has 0 saturated heterocycles. The Balaban J connectivity index is 2.30. The summed E-state index contributed by atoms with van der Waals surface area (Å²) >= 11 is 0. The van der Waals surface area contributed by atoms with Crippen LogP contribution in [0.25, 0.3) is 0 Å². The molecule has 1 saturated carbocycles. The first-order valence-corrected chi connectivity index (χ1v) is 6.50. The molecule has 2 rings (SSSR count). The van der Waals surface area contributed by atoms with E-state index in [1.165, 1.54) is 5.57 Å². The van der Waals surface area contributed by atoms with E-state index in [1.54, 1.807) is 0 Å². The predicted octanol–water partition coefficient (Wildman–Crippen LogP) is 3.11. The molecule has 0 amide bonds. The first-order valence-electron chi connectivity index (χ1n) is 6.50. The van der Waals surface area contributed by atoms with Crippen LogP contribution < -0.4 is 0 Å². The minimum Gasteiger partial charge on any atom is -0.478 e. The van der Waals surface area contributed by atoms with Crippen molar-refractivity contribution in [2.24, 2.45) is 11.3 Å². The number of carbonyl (C=O) groups excluding carboxylic acids is 1. The van der Waals surface area contributed by atoms with E-state index < -0.39 is 5.97 Å². The van der Waals surface area contributed by atoms with Gasteiger partial charge in [0.15, 0.2) is 5.78 Å². The topological polar surface area (TPSA) is 54.4 Å². The van der Waals surface area contributed by atoms with Gasteiger partial charge in [-0.25, -0.2) is 4.79 Å². The Bertz CT molecular complexity index is 458. The predicted molar refractivity (Wildman–Crippen MR) is 69.2 cm³/mol. The van der Waals surface area contributed by atoms with E-state index in [9.17, 15) is 9.59 Å². The second-order valence-electron chi connectivity index (χ2n) is 5.86. The molecule has 1 N–H and O–H groups in total. The lowest BCUT2D eigenvalue weighted by Crippen LogP contribution is -2.34. The van der Waals surface area contributed by atoms with Crippen LogP contribution in [0.4, 0.5) is 0 Å². The quantitative estimate of drug-likeness (QED) is 0.764. The third-order valence-corrected chi connectivity index (χ3v) is 4.77. The van der Waals surface area contributed by atoms with Crippen LogP contribution in [0.5, 0.6) is 0 Å². The normalized spacial score (nSPS) is 32.1. The number of carbonyl (C=O) groups is 2. The van der Waals surface area contributed by atoms with Crippen molar-refractivity contribution in [3.63, 3.8) is 0 Å². The molecule has 0 aliphatic heterocycles. The van der Waals surface area contributed by atoms with Crippen LogP contribution in [-0.4, -0.2) is 16.9 Å². The molecular weight excluding hydrogens is 228 g/mol. The fourth-order valence-corrected chi connectivity index (χ4v) is 3.34. The second-order valence-corrected chi connectivity index (χ2v) is 5.86. The van der Waals surface area contributed by atoms with E-state index >= 15 is 0 Å². The van der Waals surface area contributed by atoms with Gasteiger partial charge in [-0.05, 0) is 49.5 Å². The van der Waals surface area contributed by atoms with Gasteiger partial charge in [-0.2, -0.15) is 0 Å². The summed E-state index contributed by atoms with van der Waals surface area (Å²) in [4.78, 5) is 22.8. The number of fused-ring (bicyclic) bond motifs is 1. The fourth-order valence-electron chi connectivity index (χ4n) is 3.34. The van der Waals surface area contributed by atoms with Crippen molar-refractivity contribution < 1.29 is 14.7 Å². The molecule has 0 heterocycles. The number of hydrogen-bond acceptors (Lipinski definition) is 2. The number of rotatable bonds is 2. The van der Waals surface area contributed by atoms with Crippen molar-refractivity contribution in [2.45, 2.75) is 46.0 Å². The van der Waals surface area contributed by atoms with Gasteiger partial charge < -0.3 is 5.11 Å². The molecule has 0 spiro atoms. The summed E-state index contributed by atoms with van der Waals surface area (Å²) in [5.74, 6) is -0.695. The van der Waals surface area contributed by atoms with E-state index in [-0.39, 0.29) is 22.7 Å². The van der Waals surface area contributed by atoms with Crippen molar-refractivity contribution in [3.05, 3.63) is 23.3 Å². The highest BCUT2D eigenvalue weighted by Crippen LogP contribution is 2.51.